The second kappa shape index (κ2) is 8.75. The van der Waals surface area contributed by atoms with Crippen LogP contribution in [0.1, 0.15) is 43.7 Å². The molecule has 1 aliphatic heterocycles. The molecule has 1 saturated heterocycles. The van der Waals surface area contributed by atoms with Crippen LogP contribution >= 0.6 is 0 Å². The Morgan fingerprint density at radius 2 is 2.28 bits per heavy atom. The molecule has 3 atom stereocenters. The second-order valence-electron chi connectivity index (χ2n) is 8.36. The van der Waals surface area contributed by atoms with Crippen molar-refractivity contribution in [3.8, 4) is 0 Å². The standard InChI is InChI=1S/C21H27N7O4/c1-12(13-3-4-13)23-21(29)32-15-8-18(31-11-15)16-9-19(26-25-16)24-20-17-7-14(10-30-2)27-28(17)6-5-22-20/h5-7,9,12-13,15,18H,3-4,8,10-11H2,1-2H3,(H,23,29)(H2,22,24,25,26)/t12-,15?,18?/m0/s1. The third kappa shape index (κ3) is 4.53. The van der Waals surface area contributed by atoms with Gasteiger partial charge in [0.05, 0.1) is 24.6 Å². The van der Waals surface area contributed by atoms with Gasteiger partial charge >= 0.3 is 6.09 Å². The first-order valence-electron chi connectivity index (χ1n) is 10.8. The number of methoxy groups -OCH3 is 1. The topological polar surface area (TPSA) is 128 Å². The van der Waals surface area contributed by atoms with Gasteiger partial charge in [-0.2, -0.15) is 10.2 Å². The van der Waals surface area contributed by atoms with Crippen LogP contribution in [-0.2, 0) is 20.8 Å². The summed E-state index contributed by atoms with van der Waals surface area (Å²) in [5.41, 5.74) is 2.44. The summed E-state index contributed by atoms with van der Waals surface area (Å²) in [4.78, 5) is 16.5. The largest absolute Gasteiger partial charge is 0.444 e. The lowest BCUT2D eigenvalue weighted by Crippen LogP contribution is -2.36. The average molecular weight is 441 g/mol. The summed E-state index contributed by atoms with van der Waals surface area (Å²) < 4.78 is 18.3. The molecule has 0 bridgehead atoms. The fraction of sp³-hybridized carbons (Fsp3) is 0.524. The Balaban J connectivity index is 1.19. The first-order chi connectivity index (χ1) is 15.6. The minimum absolute atomic E-state index is 0.154. The monoisotopic (exact) mass is 441 g/mol. The Bertz CT molecular complexity index is 1090. The fourth-order valence-electron chi connectivity index (χ4n) is 3.96. The molecule has 0 aromatic carbocycles. The number of hydrogen-bond donors (Lipinski definition) is 3. The number of anilines is 2. The number of nitrogens with zero attached hydrogens (tertiary/aromatic N) is 4. The highest BCUT2D eigenvalue weighted by Gasteiger charge is 2.33. The van der Waals surface area contributed by atoms with Gasteiger partial charge in [0.25, 0.3) is 0 Å². The SMILES string of the molecule is COCc1cc2c(Nc3cc(C4CC(OC(=O)N[C@@H](C)C5CC5)CO4)[nH]n3)nccn2n1. The van der Waals surface area contributed by atoms with Gasteiger partial charge in [-0.15, -0.1) is 0 Å². The molecule has 32 heavy (non-hydrogen) atoms. The van der Waals surface area contributed by atoms with Crippen molar-refractivity contribution in [3.05, 3.63) is 35.9 Å². The van der Waals surface area contributed by atoms with Crippen LogP contribution in [0.4, 0.5) is 16.4 Å². The molecule has 2 fully saturated rings. The molecule has 170 valence electrons. The Hall–Kier alpha value is -3.18. The van der Waals surface area contributed by atoms with E-state index in [0.29, 0.717) is 37.2 Å². The molecule has 2 aliphatic rings. The number of fused-ring (bicyclic) bond motifs is 1. The molecule has 1 amide bonds. The van der Waals surface area contributed by atoms with Crippen LogP contribution in [0.3, 0.4) is 0 Å². The lowest BCUT2D eigenvalue weighted by Gasteiger charge is -2.15. The zero-order chi connectivity index (χ0) is 22.1. The Labute approximate surface area is 184 Å². The highest BCUT2D eigenvalue weighted by molar-refractivity contribution is 5.72. The number of nitrogens with one attached hydrogen (secondary N) is 3. The van der Waals surface area contributed by atoms with Crippen LogP contribution in [-0.4, -0.2) is 56.8 Å². The molecule has 1 saturated carbocycles. The zero-order valence-corrected chi connectivity index (χ0v) is 18.1. The minimum Gasteiger partial charge on any atom is -0.444 e. The van der Waals surface area contributed by atoms with Gasteiger partial charge in [0.15, 0.2) is 11.6 Å². The molecule has 11 nitrogen and oxygen atoms in total. The maximum atomic E-state index is 12.1. The highest BCUT2D eigenvalue weighted by Crippen LogP contribution is 2.33. The maximum absolute atomic E-state index is 12.1. The van der Waals surface area contributed by atoms with E-state index in [2.05, 4.69) is 30.9 Å². The van der Waals surface area contributed by atoms with Crippen LogP contribution in [0.2, 0.25) is 0 Å². The Morgan fingerprint density at radius 1 is 1.41 bits per heavy atom. The summed E-state index contributed by atoms with van der Waals surface area (Å²) >= 11 is 0. The van der Waals surface area contributed by atoms with Crippen molar-refractivity contribution >= 4 is 23.2 Å². The lowest BCUT2D eigenvalue weighted by molar-refractivity contribution is 0.0676. The molecule has 3 aromatic heterocycles. The summed E-state index contributed by atoms with van der Waals surface area (Å²) in [6.45, 7) is 2.80. The number of H-pyrrole nitrogens is 1. The molecule has 2 unspecified atom stereocenters. The number of rotatable bonds is 8. The predicted molar refractivity (Wildman–Crippen MR) is 114 cm³/mol. The van der Waals surface area contributed by atoms with Crippen LogP contribution in [0.15, 0.2) is 24.5 Å². The van der Waals surface area contributed by atoms with E-state index in [1.165, 1.54) is 12.8 Å². The summed E-state index contributed by atoms with van der Waals surface area (Å²) in [6, 6.07) is 3.95. The molecule has 3 N–H and O–H groups in total. The maximum Gasteiger partial charge on any atom is 0.407 e. The van der Waals surface area contributed by atoms with Crippen LogP contribution in [0.25, 0.3) is 5.52 Å². The molecule has 11 heteroatoms. The van der Waals surface area contributed by atoms with Gasteiger partial charge in [0.1, 0.15) is 17.7 Å². The number of ether oxygens (including phenoxy) is 3. The van der Waals surface area contributed by atoms with Crippen molar-refractivity contribution < 1.29 is 19.0 Å². The van der Waals surface area contributed by atoms with Gasteiger partial charge < -0.3 is 24.8 Å². The number of hydrogen-bond acceptors (Lipinski definition) is 8. The second-order valence-corrected chi connectivity index (χ2v) is 8.36. The number of aromatic amines is 1. The van der Waals surface area contributed by atoms with Gasteiger partial charge in [0, 0.05) is 38.0 Å². The van der Waals surface area contributed by atoms with Gasteiger partial charge in [-0.25, -0.2) is 14.3 Å². The van der Waals surface area contributed by atoms with Crippen LogP contribution in [0.5, 0.6) is 0 Å². The first kappa shape index (κ1) is 20.7. The molecule has 0 spiro atoms. The number of amides is 1. The van der Waals surface area contributed by atoms with Gasteiger partial charge in [-0.1, -0.05) is 0 Å². The van der Waals surface area contributed by atoms with E-state index in [9.17, 15) is 4.79 Å². The number of carbonyl (C=O) groups is 1. The quantitative estimate of drug-likeness (QED) is 0.487. The van der Waals surface area contributed by atoms with E-state index >= 15 is 0 Å². The normalized spacial score (nSPS) is 21.6. The van der Waals surface area contributed by atoms with Gasteiger partial charge in [0.2, 0.25) is 0 Å². The van der Waals surface area contributed by atoms with Crippen molar-refractivity contribution in [1.29, 1.82) is 0 Å². The predicted octanol–water partition coefficient (Wildman–Crippen LogP) is 2.70. The third-order valence-corrected chi connectivity index (χ3v) is 5.83. The van der Waals surface area contributed by atoms with Gasteiger partial charge in [-0.3, -0.25) is 5.10 Å². The van der Waals surface area contributed by atoms with E-state index < -0.39 is 0 Å². The average Bonchev–Trinajstić information content (AvgIpc) is 3.14. The van der Waals surface area contributed by atoms with Crippen molar-refractivity contribution in [2.24, 2.45) is 5.92 Å². The zero-order valence-electron chi connectivity index (χ0n) is 18.1. The number of carbonyl (C=O) groups excluding carboxylic acids is 1. The molecule has 0 radical (unpaired) electrons. The molecule has 4 heterocycles. The number of aromatic nitrogens is 5. The smallest absolute Gasteiger partial charge is 0.407 e. The summed E-state index contributed by atoms with van der Waals surface area (Å²) in [5.74, 6) is 1.83. The molecule has 1 aliphatic carbocycles. The number of alkyl carbamates (subject to hydrolysis) is 1. The van der Waals surface area contributed by atoms with Crippen LogP contribution < -0.4 is 10.6 Å². The molecular formula is C21H27N7O4. The lowest BCUT2D eigenvalue weighted by atomic mass is 10.1. The summed E-state index contributed by atoms with van der Waals surface area (Å²) in [6.07, 6.45) is 5.49. The van der Waals surface area contributed by atoms with Crippen molar-refractivity contribution in [1.82, 2.24) is 30.1 Å². The molecular weight excluding hydrogens is 414 g/mol. The van der Waals surface area contributed by atoms with E-state index in [1.54, 1.807) is 24.0 Å². The van der Waals surface area contributed by atoms with Crippen LogP contribution in [0, 0.1) is 5.92 Å². The van der Waals surface area contributed by atoms with E-state index in [4.69, 9.17) is 14.2 Å². The molecule has 3 aromatic rings. The Kier molecular flexibility index (Phi) is 5.66. The third-order valence-electron chi connectivity index (χ3n) is 5.83. The van der Waals surface area contributed by atoms with E-state index in [0.717, 1.165) is 16.9 Å². The summed E-state index contributed by atoms with van der Waals surface area (Å²) in [5, 5.41) is 17.9. The van der Waals surface area contributed by atoms with Crippen molar-refractivity contribution in [2.45, 2.75) is 51.0 Å². The first-order valence-corrected chi connectivity index (χ1v) is 10.8. The Morgan fingerprint density at radius 3 is 3.09 bits per heavy atom. The fourth-order valence-corrected chi connectivity index (χ4v) is 3.96. The van der Waals surface area contributed by atoms with E-state index in [-0.39, 0.29) is 24.3 Å². The van der Waals surface area contributed by atoms with Crippen molar-refractivity contribution in [3.63, 3.8) is 0 Å². The van der Waals surface area contributed by atoms with E-state index in [1.807, 2.05) is 19.1 Å². The summed E-state index contributed by atoms with van der Waals surface area (Å²) in [7, 11) is 1.63. The molecule has 5 rings (SSSR count). The highest BCUT2D eigenvalue weighted by atomic mass is 16.6. The minimum atomic E-state index is -0.376. The van der Waals surface area contributed by atoms with Gasteiger partial charge in [-0.05, 0) is 31.7 Å². The van der Waals surface area contributed by atoms with Crippen molar-refractivity contribution in [2.75, 3.05) is 19.0 Å².